The van der Waals surface area contributed by atoms with Crippen LogP contribution in [0.1, 0.15) is 5.56 Å². The van der Waals surface area contributed by atoms with Crippen LogP contribution >= 0.6 is 39.9 Å². The maximum atomic E-state index is 9.66. The molecule has 0 radical (unpaired) electrons. The van der Waals surface area contributed by atoms with Crippen LogP contribution in [0.3, 0.4) is 0 Å². The number of rotatable bonds is 2. The second-order valence-corrected chi connectivity index (χ2v) is 5.02. The number of thiocarbonyl (C=S) groups is 1. The highest BCUT2D eigenvalue weighted by Gasteiger charge is 1.99. The highest BCUT2D eigenvalue weighted by Crippen LogP contribution is 2.17. The molecular weight excluding hydrogens is 280 g/mol. The molecule has 74 valence electrons. The maximum Gasteiger partial charge on any atom is 0.124 e. The fourth-order valence-electron chi connectivity index (χ4n) is 0.875. The fraction of sp³-hybridized carbons (Fsp3) is 0.100. The molecule has 1 nitrogen and oxygen atoms in total. The smallest absolute Gasteiger partial charge is 0.124 e. The SMILES string of the molecule is CSC(=S)C=C(O)c1ccc(Br)cc1. The van der Waals surface area contributed by atoms with Gasteiger partial charge < -0.3 is 5.11 Å². The van der Waals surface area contributed by atoms with E-state index < -0.39 is 0 Å². The predicted octanol–water partition coefficient (Wildman–Crippen LogP) is 4.04. The first-order valence-electron chi connectivity index (χ1n) is 3.88. The standard InChI is InChI=1S/C10H9BrOS2/c1-14-10(13)6-9(12)7-2-4-8(11)5-3-7/h2-6,12H,1H3. The Morgan fingerprint density at radius 1 is 1.43 bits per heavy atom. The van der Waals surface area contributed by atoms with E-state index in [1.807, 2.05) is 30.5 Å². The van der Waals surface area contributed by atoms with Gasteiger partial charge in [-0.3, -0.25) is 0 Å². The number of hydrogen-bond acceptors (Lipinski definition) is 3. The molecule has 0 aliphatic carbocycles. The first kappa shape index (κ1) is 11.8. The second kappa shape index (κ2) is 5.53. The van der Waals surface area contributed by atoms with Crippen molar-refractivity contribution >= 4 is 49.9 Å². The summed E-state index contributed by atoms with van der Waals surface area (Å²) in [5, 5.41) is 9.66. The molecule has 0 atom stereocenters. The van der Waals surface area contributed by atoms with E-state index in [0.717, 1.165) is 10.0 Å². The highest BCUT2D eigenvalue weighted by atomic mass is 79.9. The van der Waals surface area contributed by atoms with Crippen LogP contribution in [0, 0.1) is 0 Å². The van der Waals surface area contributed by atoms with Crippen LogP contribution in [0.4, 0.5) is 0 Å². The van der Waals surface area contributed by atoms with E-state index in [4.69, 9.17) is 12.2 Å². The van der Waals surface area contributed by atoms with E-state index in [2.05, 4.69) is 15.9 Å². The summed E-state index contributed by atoms with van der Waals surface area (Å²) < 4.78 is 1.66. The summed E-state index contributed by atoms with van der Waals surface area (Å²) in [6.07, 6.45) is 3.47. The van der Waals surface area contributed by atoms with Gasteiger partial charge in [-0.15, -0.1) is 11.8 Å². The minimum Gasteiger partial charge on any atom is -0.507 e. The third-order valence-electron chi connectivity index (χ3n) is 1.60. The summed E-state index contributed by atoms with van der Waals surface area (Å²) in [6, 6.07) is 7.42. The number of benzene rings is 1. The molecule has 1 aromatic carbocycles. The van der Waals surface area contributed by atoms with Gasteiger partial charge >= 0.3 is 0 Å². The van der Waals surface area contributed by atoms with Crippen LogP contribution in [-0.2, 0) is 0 Å². The Labute approximate surface area is 101 Å². The molecule has 1 rings (SSSR count). The van der Waals surface area contributed by atoms with Gasteiger partial charge in [0.1, 0.15) is 5.76 Å². The van der Waals surface area contributed by atoms with E-state index >= 15 is 0 Å². The Kier molecular flexibility index (Phi) is 4.65. The Bertz CT molecular complexity index is 357. The average Bonchev–Trinajstić information content (AvgIpc) is 2.18. The molecule has 0 heterocycles. The molecular formula is C10H9BrOS2. The summed E-state index contributed by atoms with van der Waals surface area (Å²) in [4.78, 5) is 0. The van der Waals surface area contributed by atoms with E-state index in [1.54, 1.807) is 6.08 Å². The molecule has 0 fully saturated rings. The van der Waals surface area contributed by atoms with Crippen LogP contribution in [-0.4, -0.2) is 15.6 Å². The Balaban J connectivity index is 2.89. The van der Waals surface area contributed by atoms with Gasteiger partial charge in [-0.2, -0.15) is 0 Å². The molecule has 0 aromatic heterocycles. The van der Waals surface area contributed by atoms with Gasteiger partial charge in [-0.1, -0.05) is 40.3 Å². The van der Waals surface area contributed by atoms with E-state index in [1.165, 1.54) is 11.8 Å². The van der Waals surface area contributed by atoms with Crippen LogP contribution in [0.25, 0.3) is 5.76 Å². The fourth-order valence-corrected chi connectivity index (χ4v) is 1.48. The third-order valence-corrected chi connectivity index (χ3v) is 3.26. The van der Waals surface area contributed by atoms with Gasteiger partial charge in [0.05, 0.1) is 4.20 Å². The average molecular weight is 289 g/mol. The minimum absolute atomic E-state index is 0.205. The normalized spacial score (nSPS) is 11.4. The molecule has 1 N–H and O–H groups in total. The molecule has 1 aromatic rings. The second-order valence-electron chi connectivity index (χ2n) is 2.56. The summed E-state index contributed by atoms with van der Waals surface area (Å²) in [5.74, 6) is 0.205. The largest absolute Gasteiger partial charge is 0.507 e. The summed E-state index contributed by atoms with van der Waals surface area (Å²) in [5.41, 5.74) is 0.768. The maximum absolute atomic E-state index is 9.66. The molecule has 0 spiro atoms. The number of aliphatic hydroxyl groups is 1. The van der Waals surface area contributed by atoms with Crippen molar-refractivity contribution in [1.29, 1.82) is 0 Å². The van der Waals surface area contributed by atoms with Gasteiger partial charge in [-0.05, 0) is 18.4 Å². The summed E-state index contributed by atoms with van der Waals surface area (Å²) in [7, 11) is 0. The van der Waals surface area contributed by atoms with Crippen molar-refractivity contribution in [3.8, 4) is 0 Å². The molecule has 0 aliphatic heterocycles. The molecule has 0 bridgehead atoms. The van der Waals surface area contributed by atoms with Crippen molar-refractivity contribution in [1.82, 2.24) is 0 Å². The van der Waals surface area contributed by atoms with Gasteiger partial charge in [0, 0.05) is 16.1 Å². The van der Waals surface area contributed by atoms with Crippen molar-refractivity contribution in [2.45, 2.75) is 0 Å². The number of hydrogen-bond donors (Lipinski definition) is 1. The molecule has 0 amide bonds. The number of thioether (sulfide) groups is 1. The molecule has 0 aliphatic rings. The van der Waals surface area contributed by atoms with Gasteiger partial charge in [0.25, 0.3) is 0 Å². The zero-order valence-corrected chi connectivity index (χ0v) is 10.7. The van der Waals surface area contributed by atoms with Crippen molar-refractivity contribution in [3.05, 3.63) is 40.4 Å². The quantitative estimate of drug-likeness (QED) is 0.504. The van der Waals surface area contributed by atoms with Gasteiger partial charge in [0.2, 0.25) is 0 Å². The van der Waals surface area contributed by atoms with Crippen molar-refractivity contribution in [3.63, 3.8) is 0 Å². The van der Waals surface area contributed by atoms with E-state index in [9.17, 15) is 5.11 Å². The van der Waals surface area contributed by atoms with Crippen LogP contribution < -0.4 is 0 Å². The minimum atomic E-state index is 0.205. The third kappa shape index (κ3) is 3.44. The van der Waals surface area contributed by atoms with Crippen molar-refractivity contribution in [2.24, 2.45) is 0 Å². The lowest BCUT2D eigenvalue weighted by Gasteiger charge is -2.00. The van der Waals surface area contributed by atoms with E-state index in [0.29, 0.717) is 4.20 Å². The van der Waals surface area contributed by atoms with E-state index in [-0.39, 0.29) is 5.76 Å². The molecule has 14 heavy (non-hydrogen) atoms. The Morgan fingerprint density at radius 2 is 2.00 bits per heavy atom. The first-order valence-corrected chi connectivity index (χ1v) is 6.30. The zero-order chi connectivity index (χ0) is 10.6. The lowest BCUT2D eigenvalue weighted by atomic mass is 10.2. The van der Waals surface area contributed by atoms with Crippen LogP contribution in [0.15, 0.2) is 34.8 Å². The van der Waals surface area contributed by atoms with Gasteiger partial charge in [0.15, 0.2) is 0 Å². The van der Waals surface area contributed by atoms with Gasteiger partial charge in [-0.25, -0.2) is 0 Å². The summed E-state index contributed by atoms with van der Waals surface area (Å²) >= 11 is 9.74. The Morgan fingerprint density at radius 3 is 2.50 bits per heavy atom. The first-order chi connectivity index (χ1) is 6.63. The predicted molar refractivity (Wildman–Crippen MR) is 70.9 cm³/mol. The van der Waals surface area contributed by atoms with Crippen LogP contribution in [0.2, 0.25) is 0 Å². The molecule has 4 heteroatoms. The highest BCUT2D eigenvalue weighted by molar-refractivity contribution is 9.10. The Hall–Kier alpha value is -0.320. The zero-order valence-electron chi connectivity index (χ0n) is 7.53. The topological polar surface area (TPSA) is 20.2 Å². The molecule has 0 saturated heterocycles. The number of halogens is 1. The lowest BCUT2D eigenvalue weighted by molar-refractivity contribution is 0.512. The van der Waals surface area contributed by atoms with Crippen molar-refractivity contribution < 1.29 is 5.11 Å². The molecule has 0 unspecified atom stereocenters. The van der Waals surface area contributed by atoms with Crippen LogP contribution in [0.5, 0.6) is 0 Å². The lowest BCUT2D eigenvalue weighted by Crippen LogP contribution is -1.86. The monoisotopic (exact) mass is 288 g/mol. The summed E-state index contributed by atoms with van der Waals surface area (Å²) in [6.45, 7) is 0. The molecule has 0 saturated carbocycles. The van der Waals surface area contributed by atoms with Crippen molar-refractivity contribution in [2.75, 3.05) is 6.26 Å². The number of aliphatic hydroxyl groups excluding tert-OH is 1.